The lowest BCUT2D eigenvalue weighted by atomic mass is 9.96. The summed E-state index contributed by atoms with van der Waals surface area (Å²) in [6.45, 7) is 0. The number of hydrogen-bond acceptors (Lipinski definition) is 10. The summed E-state index contributed by atoms with van der Waals surface area (Å²) in [5.41, 5.74) is 6.92. The summed E-state index contributed by atoms with van der Waals surface area (Å²) >= 11 is 2.63. The van der Waals surface area contributed by atoms with Gasteiger partial charge in [0.1, 0.15) is 17.4 Å². The minimum absolute atomic E-state index is 0.106. The van der Waals surface area contributed by atoms with Gasteiger partial charge in [0.2, 0.25) is 17.2 Å². The number of aromatic nitrogens is 3. The number of esters is 1. The van der Waals surface area contributed by atoms with Crippen LogP contribution in [-0.2, 0) is 19.1 Å². The van der Waals surface area contributed by atoms with Crippen molar-refractivity contribution in [3.8, 4) is 0 Å². The average molecular weight is 538 g/mol. The second kappa shape index (κ2) is 10.3. The Balaban J connectivity index is 1.50. The molecule has 0 spiro atoms. The zero-order valence-corrected chi connectivity index (χ0v) is 21.0. The highest BCUT2D eigenvalue weighted by Gasteiger charge is 2.63. The maximum Gasteiger partial charge on any atom is 0.356 e. The number of benzene rings is 2. The molecule has 13 heteroatoms. The van der Waals surface area contributed by atoms with Crippen LogP contribution in [0, 0.1) is 0 Å². The molecule has 1 saturated heterocycles. The molecule has 190 valence electrons. The standard InChI is InChI=1S/C24H23N7O4S2/c25-24(27-14-32)21(34)31-18(17(11-36-22(24)31)12-37-23-29-28-13-30(23)26)20(33)35-19(15-7-3-1-4-8-15)16-9-5-2-6-10-16/h1-10,13-14,19,22H,11-12,25-26H2,(H,27,32)/t22-,24-/m0/s1. The molecule has 1 aromatic heterocycles. The van der Waals surface area contributed by atoms with Crippen molar-refractivity contribution in [1.82, 2.24) is 25.1 Å². The van der Waals surface area contributed by atoms with Crippen LogP contribution in [0.3, 0.4) is 0 Å². The van der Waals surface area contributed by atoms with E-state index >= 15 is 0 Å². The summed E-state index contributed by atoms with van der Waals surface area (Å²) < 4.78 is 7.36. The number of nitrogens with two attached hydrogens (primary N) is 2. The number of thioether (sulfide) groups is 2. The first-order valence-electron chi connectivity index (χ1n) is 11.2. The quantitative estimate of drug-likeness (QED) is 0.0897. The fraction of sp³-hybridized carbons (Fsp3) is 0.208. The van der Waals surface area contributed by atoms with Crippen LogP contribution in [-0.4, -0.2) is 60.6 Å². The van der Waals surface area contributed by atoms with Crippen LogP contribution >= 0.6 is 23.5 Å². The van der Waals surface area contributed by atoms with Crippen molar-refractivity contribution in [2.75, 3.05) is 17.3 Å². The second-order valence-electron chi connectivity index (χ2n) is 8.34. The Hall–Kier alpha value is -3.81. The molecule has 0 bridgehead atoms. The third kappa shape index (κ3) is 4.56. The van der Waals surface area contributed by atoms with E-state index in [0.29, 0.717) is 28.6 Å². The number of nitrogen functional groups attached to an aromatic ring is 1. The molecule has 37 heavy (non-hydrogen) atoms. The monoisotopic (exact) mass is 537 g/mol. The van der Waals surface area contributed by atoms with E-state index in [-0.39, 0.29) is 5.70 Å². The van der Waals surface area contributed by atoms with Crippen LogP contribution in [0.4, 0.5) is 0 Å². The molecule has 1 fully saturated rings. The van der Waals surface area contributed by atoms with E-state index in [1.54, 1.807) is 0 Å². The Morgan fingerprint density at radius 3 is 2.43 bits per heavy atom. The Labute approximate surface area is 220 Å². The van der Waals surface area contributed by atoms with Crippen molar-refractivity contribution in [1.29, 1.82) is 0 Å². The van der Waals surface area contributed by atoms with Crippen LogP contribution in [0.2, 0.25) is 0 Å². The molecule has 2 aliphatic heterocycles. The lowest BCUT2D eigenvalue weighted by Crippen LogP contribution is -2.83. The molecule has 2 aliphatic rings. The number of amides is 2. The molecular formula is C24H23N7O4S2. The molecule has 0 aliphatic carbocycles. The van der Waals surface area contributed by atoms with E-state index in [1.165, 1.54) is 39.4 Å². The molecule has 3 heterocycles. The molecule has 2 aromatic carbocycles. The number of nitrogens with one attached hydrogen (secondary N) is 1. The van der Waals surface area contributed by atoms with Crippen LogP contribution in [0.1, 0.15) is 17.2 Å². The largest absolute Gasteiger partial charge is 0.448 e. The van der Waals surface area contributed by atoms with Crippen molar-refractivity contribution < 1.29 is 19.1 Å². The number of β-lactam (4-membered cyclic amide) rings is 1. The molecule has 3 aromatic rings. The average Bonchev–Trinajstić information content (AvgIpc) is 3.35. The first-order valence-corrected chi connectivity index (χ1v) is 13.2. The number of carbonyl (C=O) groups is 3. The normalized spacial score (nSPS) is 20.9. The number of nitrogens with zero attached hydrogens (tertiary/aromatic N) is 4. The predicted octanol–water partition coefficient (Wildman–Crippen LogP) is 0.987. The smallest absolute Gasteiger partial charge is 0.356 e. The van der Waals surface area contributed by atoms with E-state index in [9.17, 15) is 14.4 Å². The van der Waals surface area contributed by atoms with Gasteiger partial charge in [-0.25, -0.2) is 9.47 Å². The summed E-state index contributed by atoms with van der Waals surface area (Å²) in [5, 5.41) is 9.92. The molecule has 5 N–H and O–H groups in total. The molecule has 5 rings (SSSR count). The van der Waals surface area contributed by atoms with Gasteiger partial charge >= 0.3 is 5.97 Å². The molecule has 0 saturated carbocycles. The maximum absolute atomic E-state index is 13.8. The fourth-order valence-corrected chi connectivity index (χ4v) is 6.56. The topological polar surface area (TPSA) is 158 Å². The third-order valence-corrected chi connectivity index (χ3v) is 8.48. The van der Waals surface area contributed by atoms with E-state index in [1.807, 2.05) is 60.7 Å². The number of ether oxygens (including phenoxy) is 1. The zero-order valence-electron chi connectivity index (χ0n) is 19.4. The van der Waals surface area contributed by atoms with Crippen molar-refractivity contribution in [2.24, 2.45) is 5.73 Å². The van der Waals surface area contributed by atoms with E-state index in [2.05, 4.69) is 15.5 Å². The van der Waals surface area contributed by atoms with Crippen molar-refractivity contribution in [3.05, 3.63) is 89.4 Å². The van der Waals surface area contributed by atoms with Gasteiger partial charge in [-0.3, -0.25) is 20.2 Å². The van der Waals surface area contributed by atoms with Gasteiger partial charge in [0.15, 0.2) is 6.10 Å². The molecule has 11 nitrogen and oxygen atoms in total. The first-order chi connectivity index (χ1) is 17.9. The van der Waals surface area contributed by atoms with Gasteiger partial charge in [0.05, 0.1) is 0 Å². The van der Waals surface area contributed by atoms with E-state index < -0.39 is 29.0 Å². The summed E-state index contributed by atoms with van der Waals surface area (Å²) in [6.07, 6.45) is 1.05. The molecule has 0 radical (unpaired) electrons. The highest BCUT2D eigenvalue weighted by molar-refractivity contribution is 8.01. The molecular weight excluding hydrogens is 514 g/mol. The predicted molar refractivity (Wildman–Crippen MR) is 138 cm³/mol. The fourth-order valence-electron chi connectivity index (χ4n) is 4.21. The lowest BCUT2D eigenvalue weighted by molar-refractivity contribution is -0.160. The Bertz CT molecular complexity index is 1310. The Kier molecular flexibility index (Phi) is 6.91. The summed E-state index contributed by atoms with van der Waals surface area (Å²) in [7, 11) is 0. The minimum atomic E-state index is -1.60. The van der Waals surface area contributed by atoms with Gasteiger partial charge in [-0.1, -0.05) is 72.4 Å². The van der Waals surface area contributed by atoms with Gasteiger partial charge in [-0.05, 0) is 16.7 Å². The van der Waals surface area contributed by atoms with Crippen LogP contribution in [0.25, 0.3) is 0 Å². The number of fused-ring (bicyclic) bond motifs is 1. The highest BCUT2D eigenvalue weighted by Crippen LogP contribution is 2.45. The molecule has 2 amide bonds. The Morgan fingerprint density at radius 1 is 1.22 bits per heavy atom. The number of rotatable bonds is 9. The minimum Gasteiger partial charge on any atom is -0.448 e. The summed E-state index contributed by atoms with van der Waals surface area (Å²) in [5.74, 6) is 5.26. The third-order valence-electron chi connectivity index (χ3n) is 6.02. The SMILES string of the molecule is Nn1cnnc1SCC1=C(C(=O)OC(c2ccccc2)c2ccccc2)N2C(=O)[C@](N)(NC=O)[C@@H]2SC1. The van der Waals surface area contributed by atoms with Crippen LogP contribution < -0.4 is 16.9 Å². The van der Waals surface area contributed by atoms with E-state index in [0.717, 1.165) is 11.1 Å². The van der Waals surface area contributed by atoms with Gasteiger partial charge in [-0.15, -0.1) is 22.0 Å². The lowest BCUT2D eigenvalue weighted by Gasteiger charge is -2.55. The van der Waals surface area contributed by atoms with Gasteiger partial charge in [0.25, 0.3) is 5.91 Å². The number of hydrogen-bond donors (Lipinski definition) is 3. The first kappa shape index (κ1) is 24.9. The van der Waals surface area contributed by atoms with Crippen molar-refractivity contribution in [3.63, 3.8) is 0 Å². The van der Waals surface area contributed by atoms with Crippen molar-refractivity contribution in [2.45, 2.75) is 22.3 Å². The molecule has 0 unspecified atom stereocenters. The second-order valence-corrected chi connectivity index (χ2v) is 10.3. The number of carbonyl (C=O) groups excluding carboxylic acids is 3. The van der Waals surface area contributed by atoms with E-state index in [4.69, 9.17) is 16.3 Å². The van der Waals surface area contributed by atoms with Gasteiger partial charge in [-0.2, -0.15) is 0 Å². The highest BCUT2D eigenvalue weighted by atomic mass is 32.2. The maximum atomic E-state index is 13.8. The zero-order chi connectivity index (χ0) is 26.0. The summed E-state index contributed by atoms with van der Waals surface area (Å²) in [4.78, 5) is 39.4. The summed E-state index contributed by atoms with van der Waals surface area (Å²) in [6, 6.07) is 18.7. The van der Waals surface area contributed by atoms with Crippen LogP contribution in [0.15, 0.2) is 83.4 Å². The van der Waals surface area contributed by atoms with Gasteiger partial charge < -0.3 is 15.9 Å². The molecule has 2 atom stereocenters. The Morgan fingerprint density at radius 2 is 1.86 bits per heavy atom. The van der Waals surface area contributed by atoms with Gasteiger partial charge in [0, 0.05) is 11.5 Å². The van der Waals surface area contributed by atoms with Crippen LogP contribution in [0.5, 0.6) is 0 Å². The van der Waals surface area contributed by atoms with Crippen molar-refractivity contribution >= 4 is 41.8 Å².